The average molecular weight is 209 g/mol. The van der Waals surface area contributed by atoms with Crippen molar-refractivity contribution in [1.29, 1.82) is 0 Å². The van der Waals surface area contributed by atoms with Gasteiger partial charge in [0.1, 0.15) is 5.75 Å². The highest BCUT2D eigenvalue weighted by Gasteiger charge is 2.06. The second kappa shape index (κ2) is 6.43. The Hall–Kier alpha value is -1.06. The normalized spacial score (nSPS) is 12.5. The Morgan fingerprint density at radius 3 is 2.53 bits per heavy atom. The van der Waals surface area contributed by atoms with E-state index in [0.717, 1.165) is 30.8 Å². The van der Waals surface area contributed by atoms with Gasteiger partial charge in [-0.1, -0.05) is 19.1 Å². The smallest absolute Gasteiger partial charge is 0.118 e. The monoisotopic (exact) mass is 209 g/mol. The lowest BCUT2D eigenvalue weighted by atomic mass is 10.1. The minimum Gasteiger partial charge on any atom is -0.497 e. The largest absolute Gasteiger partial charge is 0.497 e. The number of rotatable bonds is 6. The number of methoxy groups -OCH3 is 1. The van der Waals surface area contributed by atoms with Crippen molar-refractivity contribution in [3.63, 3.8) is 0 Å². The molecule has 1 atom stereocenters. The number of aliphatic hydroxyl groups is 1. The highest BCUT2D eigenvalue weighted by molar-refractivity contribution is 5.28. The van der Waals surface area contributed by atoms with Gasteiger partial charge in [0.15, 0.2) is 0 Å². The minimum atomic E-state index is -0.394. The molecule has 3 nitrogen and oxygen atoms in total. The van der Waals surface area contributed by atoms with Crippen molar-refractivity contribution in [3.8, 4) is 5.75 Å². The molecule has 84 valence electrons. The molecule has 3 heteroatoms. The van der Waals surface area contributed by atoms with E-state index < -0.39 is 6.10 Å². The van der Waals surface area contributed by atoms with E-state index in [0.29, 0.717) is 0 Å². The molecular weight excluding hydrogens is 190 g/mol. The molecule has 0 saturated carbocycles. The molecule has 2 N–H and O–H groups in total. The van der Waals surface area contributed by atoms with Crippen LogP contribution in [0.25, 0.3) is 0 Å². The fourth-order valence-electron chi connectivity index (χ4n) is 1.41. The summed E-state index contributed by atoms with van der Waals surface area (Å²) in [6.07, 6.45) is 0.343. The molecule has 1 aromatic rings. The van der Waals surface area contributed by atoms with Crippen LogP contribution in [0.3, 0.4) is 0 Å². The summed E-state index contributed by atoms with van der Waals surface area (Å²) in [6, 6.07) is 7.53. The van der Waals surface area contributed by atoms with Crippen LogP contribution in [0, 0.1) is 0 Å². The summed E-state index contributed by atoms with van der Waals surface area (Å²) in [5.74, 6) is 0.817. The molecule has 1 rings (SSSR count). The zero-order valence-electron chi connectivity index (χ0n) is 9.36. The lowest BCUT2D eigenvalue weighted by Gasteiger charge is -2.11. The molecule has 0 fully saturated rings. The predicted molar refractivity (Wildman–Crippen MR) is 61.1 cm³/mol. The first-order chi connectivity index (χ1) is 7.27. The third-order valence-electron chi connectivity index (χ3n) is 2.35. The summed E-state index contributed by atoms with van der Waals surface area (Å²) in [6.45, 7) is 3.83. The molecule has 0 aliphatic rings. The number of benzene rings is 1. The molecule has 0 aliphatic heterocycles. The Morgan fingerprint density at radius 1 is 1.33 bits per heavy atom. The first-order valence-electron chi connectivity index (χ1n) is 5.30. The average Bonchev–Trinajstić information content (AvgIpc) is 2.29. The number of nitrogens with one attached hydrogen (secondary N) is 1. The summed E-state index contributed by atoms with van der Waals surface area (Å²) in [4.78, 5) is 0. The van der Waals surface area contributed by atoms with Gasteiger partial charge in [-0.05, 0) is 37.2 Å². The number of hydrogen-bond acceptors (Lipinski definition) is 3. The van der Waals surface area contributed by atoms with Gasteiger partial charge in [0, 0.05) is 0 Å². The molecule has 0 radical (unpaired) electrons. The fraction of sp³-hybridized carbons (Fsp3) is 0.500. The van der Waals surface area contributed by atoms with Gasteiger partial charge in [-0.3, -0.25) is 0 Å². The van der Waals surface area contributed by atoms with Gasteiger partial charge in [0.05, 0.1) is 13.2 Å². The maximum absolute atomic E-state index is 9.83. The Balaban J connectivity index is 2.46. The highest BCUT2D eigenvalue weighted by atomic mass is 16.5. The van der Waals surface area contributed by atoms with Crippen molar-refractivity contribution < 1.29 is 9.84 Å². The van der Waals surface area contributed by atoms with Gasteiger partial charge in [-0.25, -0.2) is 0 Å². The first kappa shape index (κ1) is 12.0. The Kier molecular flexibility index (Phi) is 5.15. The Morgan fingerprint density at radius 2 is 2.00 bits per heavy atom. The van der Waals surface area contributed by atoms with Crippen LogP contribution in [0.15, 0.2) is 24.3 Å². The summed E-state index contributed by atoms with van der Waals surface area (Å²) >= 11 is 0. The van der Waals surface area contributed by atoms with Gasteiger partial charge < -0.3 is 15.2 Å². The van der Waals surface area contributed by atoms with Crippen molar-refractivity contribution >= 4 is 0 Å². The molecule has 15 heavy (non-hydrogen) atoms. The van der Waals surface area contributed by atoms with Gasteiger partial charge in [-0.2, -0.15) is 0 Å². The van der Waals surface area contributed by atoms with Gasteiger partial charge >= 0.3 is 0 Å². The van der Waals surface area contributed by atoms with E-state index in [4.69, 9.17) is 4.74 Å². The molecule has 0 aromatic heterocycles. The van der Waals surface area contributed by atoms with Crippen LogP contribution >= 0.6 is 0 Å². The predicted octanol–water partition coefficient (Wildman–Crippen LogP) is 1.73. The number of ether oxygens (including phenoxy) is 1. The van der Waals surface area contributed by atoms with Crippen LogP contribution in [-0.4, -0.2) is 25.3 Å². The maximum Gasteiger partial charge on any atom is 0.118 e. The zero-order chi connectivity index (χ0) is 11.1. The second-order valence-corrected chi connectivity index (χ2v) is 3.43. The van der Waals surface area contributed by atoms with E-state index in [-0.39, 0.29) is 0 Å². The van der Waals surface area contributed by atoms with Gasteiger partial charge in [0.25, 0.3) is 0 Å². The molecule has 0 saturated heterocycles. The summed E-state index contributed by atoms with van der Waals surface area (Å²) in [5.41, 5.74) is 0.939. The third-order valence-corrected chi connectivity index (χ3v) is 2.35. The van der Waals surface area contributed by atoms with E-state index >= 15 is 0 Å². The topological polar surface area (TPSA) is 41.5 Å². The summed E-state index contributed by atoms with van der Waals surface area (Å²) < 4.78 is 5.05. The van der Waals surface area contributed by atoms with E-state index in [9.17, 15) is 5.11 Å². The van der Waals surface area contributed by atoms with Crippen molar-refractivity contribution in [2.75, 3.05) is 20.2 Å². The minimum absolute atomic E-state index is 0.394. The first-order valence-corrected chi connectivity index (χ1v) is 5.30. The lowest BCUT2D eigenvalue weighted by molar-refractivity contribution is 0.167. The molecule has 0 spiro atoms. The van der Waals surface area contributed by atoms with Crippen LogP contribution in [-0.2, 0) is 0 Å². The maximum atomic E-state index is 9.83. The van der Waals surface area contributed by atoms with Crippen LogP contribution < -0.4 is 10.1 Å². The van der Waals surface area contributed by atoms with Gasteiger partial charge in [-0.15, -0.1) is 0 Å². The molecule has 0 amide bonds. The quantitative estimate of drug-likeness (QED) is 0.701. The van der Waals surface area contributed by atoms with E-state index in [1.165, 1.54) is 0 Å². The van der Waals surface area contributed by atoms with E-state index in [1.54, 1.807) is 7.11 Å². The standard InChI is InChI=1S/C12H19NO2/c1-3-13-9-8-12(14)10-4-6-11(15-2)7-5-10/h4-7,12-14H,3,8-9H2,1-2H3. The molecule has 1 aromatic carbocycles. The van der Waals surface area contributed by atoms with E-state index in [2.05, 4.69) is 12.2 Å². The Bertz CT molecular complexity index is 271. The van der Waals surface area contributed by atoms with E-state index in [1.807, 2.05) is 24.3 Å². The number of aliphatic hydroxyl groups excluding tert-OH is 1. The van der Waals surface area contributed by atoms with Gasteiger partial charge in [0.2, 0.25) is 0 Å². The van der Waals surface area contributed by atoms with Crippen molar-refractivity contribution in [2.45, 2.75) is 19.4 Å². The summed E-state index contributed by atoms with van der Waals surface area (Å²) in [7, 11) is 1.64. The number of hydrogen-bond donors (Lipinski definition) is 2. The highest BCUT2D eigenvalue weighted by Crippen LogP contribution is 2.19. The fourth-order valence-corrected chi connectivity index (χ4v) is 1.41. The Labute approximate surface area is 91.1 Å². The SMILES string of the molecule is CCNCCC(O)c1ccc(OC)cc1. The molecule has 0 aliphatic carbocycles. The second-order valence-electron chi connectivity index (χ2n) is 3.43. The molecule has 1 unspecified atom stereocenters. The van der Waals surface area contributed by atoms with Crippen LogP contribution in [0.2, 0.25) is 0 Å². The summed E-state index contributed by atoms with van der Waals surface area (Å²) in [5, 5.41) is 13.0. The molecule has 0 heterocycles. The molecule has 0 bridgehead atoms. The van der Waals surface area contributed by atoms with Crippen LogP contribution in [0.1, 0.15) is 25.0 Å². The lowest BCUT2D eigenvalue weighted by Crippen LogP contribution is -2.16. The van der Waals surface area contributed by atoms with Crippen molar-refractivity contribution in [2.24, 2.45) is 0 Å². The molecular formula is C12H19NO2. The van der Waals surface area contributed by atoms with Crippen LogP contribution in [0.5, 0.6) is 5.75 Å². The zero-order valence-corrected chi connectivity index (χ0v) is 9.36. The van der Waals surface area contributed by atoms with Crippen molar-refractivity contribution in [1.82, 2.24) is 5.32 Å². The van der Waals surface area contributed by atoms with Crippen LogP contribution in [0.4, 0.5) is 0 Å². The third kappa shape index (κ3) is 3.90. The van der Waals surface area contributed by atoms with Crippen molar-refractivity contribution in [3.05, 3.63) is 29.8 Å².